The molecule has 24 heavy (non-hydrogen) atoms. The summed E-state index contributed by atoms with van der Waals surface area (Å²) in [6, 6.07) is 2.27. The van der Waals surface area contributed by atoms with E-state index in [1.165, 1.54) is 16.0 Å². The van der Waals surface area contributed by atoms with Crippen LogP contribution in [0.1, 0.15) is 36.0 Å². The van der Waals surface area contributed by atoms with Crippen molar-refractivity contribution in [2.45, 2.75) is 32.7 Å². The van der Waals surface area contributed by atoms with Crippen LogP contribution in [0.2, 0.25) is 0 Å². The number of rotatable bonds is 4. The van der Waals surface area contributed by atoms with Crippen LogP contribution in [-0.4, -0.2) is 52.5 Å². The summed E-state index contributed by atoms with van der Waals surface area (Å²) in [5.41, 5.74) is 4.36. The highest BCUT2D eigenvalue weighted by Gasteiger charge is 2.26. The molecule has 2 aliphatic rings. The van der Waals surface area contributed by atoms with E-state index >= 15 is 0 Å². The van der Waals surface area contributed by atoms with Gasteiger partial charge in [0, 0.05) is 43.2 Å². The fourth-order valence-corrected chi connectivity index (χ4v) is 4.70. The Morgan fingerprint density at radius 2 is 2.08 bits per heavy atom. The number of fused-ring (bicyclic) bond motifs is 2. The molecule has 0 aliphatic carbocycles. The Balaban J connectivity index is 1.60. The van der Waals surface area contributed by atoms with E-state index in [1.807, 2.05) is 11.3 Å². The molecule has 0 N–H and O–H groups in total. The lowest BCUT2D eigenvalue weighted by atomic mass is 9.95. The molecule has 128 valence electrons. The average Bonchev–Trinajstić information content (AvgIpc) is 3.23. The highest BCUT2D eigenvalue weighted by atomic mass is 32.1. The van der Waals surface area contributed by atoms with Crippen molar-refractivity contribution in [1.82, 2.24) is 19.7 Å². The minimum absolute atomic E-state index is 0.806. The zero-order valence-corrected chi connectivity index (χ0v) is 15.0. The molecule has 0 atom stereocenters. The van der Waals surface area contributed by atoms with Crippen molar-refractivity contribution in [1.29, 1.82) is 0 Å². The summed E-state index contributed by atoms with van der Waals surface area (Å²) in [5, 5.41) is 6.66. The van der Waals surface area contributed by atoms with Crippen molar-refractivity contribution in [3.63, 3.8) is 0 Å². The Bertz CT molecular complexity index is 679. The number of piperidine rings is 1. The minimum atomic E-state index is 0.806. The highest BCUT2D eigenvalue weighted by Crippen LogP contribution is 2.38. The van der Waals surface area contributed by atoms with Gasteiger partial charge < -0.3 is 9.64 Å². The van der Waals surface area contributed by atoms with Gasteiger partial charge in [0.25, 0.3) is 0 Å². The largest absolute Gasteiger partial charge is 0.380 e. The van der Waals surface area contributed by atoms with Gasteiger partial charge in [0.1, 0.15) is 6.33 Å². The number of aryl methyl sites for hydroxylation is 2. The third-order valence-electron chi connectivity index (χ3n) is 4.98. The van der Waals surface area contributed by atoms with Gasteiger partial charge in [0.2, 0.25) is 0 Å². The van der Waals surface area contributed by atoms with Crippen molar-refractivity contribution < 1.29 is 4.74 Å². The van der Waals surface area contributed by atoms with Crippen molar-refractivity contribution in [2.75, 3.05) is 32.8 Å². The van der Waals surface area contributed by atoms with E-state index < -0.39 is 0 Å². The first-order valence-corrected chi connectivity index (χ1v) is 9.72. The Morgan fingerprint density at radius 3 is 2.92 bits per heavy atom. The third-order valence-corrected chi connectivity index (χ3v) is 5.95. The fraction of sp³-hybridized carbons (Fsp3) is 0.556. The van der Waals surface area contributed by atoms with Gasteiger partial charge >= 0.3 is 0 Å². The summed E-state index contributed by atoms with van der Waals surface area (Å²) in [4.78, 5) is 8.53. The van der Waals surface area contributed by atoms with Gasteiger partial charge in [-0.25, -0.2) is 9.67 Å². The Labute approximate surface area is 147 Å². The molecule has 4 heterocycles. The third kappa shape index (κ3) is 3.06. The van der Waals surface area contributed by atoms with Crippen LogP contribution in [0.4, 0.5) is 0 Å². The lowest BCUT2D eigenvalue weighted by molar-refractivity contribution is 0.110. The second kappa shape index (κ2) is 7.17. The van der Waals surface area contributed by atoms with Gasteiger partial charge in [-0.05, 0) is 43.2 Å². The van der Waals surface area contributed by atoms with E-state index in [9.17, 15) is 0 Å². The van der Waals surface area contributed by atoms with Crippen molar-refractivity contribution in [3.05, 3.63) is 39.6 Å². The fourth-order valence-electron chi connectivity index (χ4n) is 3.65. The summed E-state index contributed by atoms with van der Waals surface area (Å²) in [6.07, 6.45) is 4.98. The van der Waals surface area contributed by atoms with Crippen molar-refractivity contribution in [3.8, 4) is 0 Å². The molecule has 0 bridgehead atoms. The lowest BCUT2D eigenvalue weighted by Gasteiger charge is -2.29. The second-order valence-electron chi connectivity index (χ2n) is 6.35. The first-order chi connectivity index (χ1) is 11.9. The monoisotopic (exact) mass is 344 g/mol. The molecule has 6 heteroatoms. The standard InChI is InChI=1S/C18H24N4OS/c1-2-23-11-10-21-7-3-14(4-8-21)16-17-15(6-12-24-17)5-9-22-18(16)19-13-20-22/h6,12-13H,2-5,7-11H2,1H3. The number of hydrogen-bond acceptors (Lipinski definition) is 5. The Kier molecular flexibility index (Phi) is 4.78. The molecule has 0 saturated carbocycles. The maximum absolute atomic E-state index is 5.49. The number of nitrogens with zero attached hydrogens (tertiary/aromatic N) is 4. The minimum Gasteiger partial charge on any atom is -0.380 e. The molecule has 1 fully saturated rings. The predicted molar refractivity (Wildman–Crippen MR) is 96.2 cm³/mol. The molecule has 1 saturated heterocycles. The Hall–Kier alpha value is -1.50. The van der Waals surface area contributed by atoms with Crippen LogP contribution >= 0.6 is 11.3 Å². The van der Waals surface area contributed by atoms with Crippen LogP contribution in [0, 0.1) is 0 Å². The number of ether oxygens (including phenoxy) is 1. The average molecular weight is 344 g/mol. The summed E-state index contributed by atoms with van der Waals surface area (Å²) in [5.74, 6) is 1.06. The van der Waals surface area contributed by atoms with Gasteiger partial charge in [-0.3, -0.25) is 0 Å². The topological polar surface area (TPSA) is 43.2 Å². The summed E-state index contributed by atoms with van der Waals surface area (Å²) >= 11 is 1.85. The van der Waals surface area contributed by atoms with Crippen molar-refractivity contribution in [2.24, 2.45) is 0 Å². The number of hydrogen-bond donors (Lipinski definition) is 0. The predicted octanol–water partition coefficient (Wildman–Crippen LogP) is 2.83. The first kappa shape index (κ1) is 16.0. The Morgan fingerprint density at radius 1 is 1.21 bits per heavy atom. The van der Waals surface area contributed by atoms with Gasteiger partial charge in [-0.2, -0.15) is 5.10 Å². The zero-order chi connectivity index (χ0) is 16.4. The van der Waals surface area contributed by atoms with Crippen molar-refractivity contribution >= 4 is 16.9 Å². The molecule has 2 aromatic heterocycles. The summed E-state index contributed by atoms with van der Waals surface area (Å²) in [7, 11) is 0. The molecule has 5 nitrogen and oxygen atoms in total. The molecule has 2 aromatic rings. The van der Waals surface area contributed by atoms with E-state index in [1.54, 1.807) is 11.9 Å². The maximum atomic E-state index is 5.49. The van der Waals surface area contributed by atoms with Gasteiger partial charge in [-0.1, -0.05) is 5.57 Å². The zero-order valence-electron chi connectivity index (χ0n) is 14.2. The van der Waals surface area contributed by atoms with E-state index in [4.69, 9.17) is 4.74 Å². The summed E-state index contributed by atoms with van der Waals surface area (Å²) < 4.78 is 7.57. The van der Waals surface area contributed by atoms with Gasteiger partial charge in [0.05, 0.1) is 6.61 Å². The number of likely N-dealkylation sites (tertiary alicyclic amines) is 1. The van der Waals surface area contributed by atoms with E-state index in [0.717, 1.165) is 64.5 Å². The van der Waals surface area contributed by atoms with E-state index in [2.05, 4.69) is 38.0 Å². The molecule has 0 amide bonds. The van der Waals surface area contributed by atoms with Crippen LogP contribution in [0.15, 0.2) is 23.3 Å². The lowest BCUT2D eigenvalue weighted by Crippen LogP contribution is -2.34. The van der Waals surface area contributed by atoms with E-state index in [0.29, 0.717) is 0 Å². The number of aromatic nitrogens is 3. The normalized spacial score (nSPS) is 18.4. The molecular formula is C18H24N4OS. The second-order valence-corrected chi connectivity index (χ2v) is 7.26. The summed E-state index contributed by atoms with van der Waals surface area (Å²) in [6.45, 7) is 7.89. The molecule has 0 radical (unpaired) electrons. The quantitative estimate of drug-likeness (QED) is 0.800. The van der Waals surface area contributed by atoms with Crippen LogP contribution in [0.3, 0.4) is 0 Å². The van der Waals surface area contributed by atoms with Crippen LogP contribution < -0.4 is 0 Å². The molecule has 4 rings (SSSR count). The SMILES string of the molecule is CCOCCN1CCC(=C2c3sccc3CCn3ncnc32)CC1. The molecule has 0 aromatic carbocycles. The molecule has 0 spiro atoms. The first-order valence-electron chi connectivity index (χ1n) is 8.84. The van der Waals surface area contributed by atoms with Crippen LogP contribution in [0.5, 0.6) is 0 Å². The molecule has 0 unspecified atom stereocenters. The number of thiophene rings is 1. The molecular weight excluding hydrogens is 320 g/mol. The smallest absolute Gasteiger partial charge is 0.159 e. The maximum Gasteiger partial charge on any atom is 0.159 e. The molecule has 2 aliphatic heterocycles. The van der Waals surface area contributed by atoms with Crippen LogP contribution in [-0.2, 0) is 17.7 Å². The highest BCUT2D eigenvalue weighted by molar-refractivity contribution is 7.11. The van der Waals surface area contributed by atoms with E-state index in [-0.39, 0.29) is 0 Å². The van der Waals surface area contributed by atoms with Gasteiger partial charge in [0.15, 0.2) is 5.82 Å². The van der Waals surface area contributed by atoms with Gasteiger partial charge in [-0.15, -0.1) is 11.3 Å². The van der Waals surface area contributed by atoms with Crippen LogP contribution in [0.25, 0.3) is 5.57 Å².